The van der Waals surface area contributed by atoms with Gasteiger partial charge < -0.3 is 10.6 Å². The molecular weight excluding hydrogens is 314 g/mol. The lowest BCUT2D eigenvalue weighted by Gasteiger charge is -2.23. The summed E-state index contributed by atoms with van der Waals surface area (Å²) in [5.74, 6) is -0.0653. The second-order valence-corrected chi connectivity index (χ2v) is 6.66. The number of carbonyl (C=O) groups is 2. The Morgan fingerprint density at radius 1 is 1.20 bits per heavy atom. The number of likely N-dealkylation sites (tertiary alicyclic amines) is 1. The third-order valence-electron chi connectivity index (χ3n) is 4.96. The van der Waals surface area contributed by atoms with Crippen LogP contribution < -0.4 is 10.6 Å². The van der Waals surface area contributed by atoms with E-state index in [0.29, 0.717) is 17.8 Å². The molecule has 0 unspecified atom stereocenters. The number of hydrogen-bond donors (Lipinski definition) is 2. The van der Waals surface area contributed by atoms with Crippen LogP contribution in [0.5, 0.6) is 0 Å². The normalized spacial score (nSPS) is 19.5. The molecule has 2 aromatic carbocycles. The molecule has 4 rings (SSSR count). The third-order valence-corrected chi connectivity index (χ3v) is 4.96. The van der Waals surface area contributed by atoms with Crippen LogP contribution >= 0.6 is 0 Å². The van der Waals surface area contributed by atoms with Crippen molar-refractivity contribution in [1.29, 1.82) is 0 Å². The molecule has 0 radical (unpaired) electrons. The molecule has 2 aliphatic rings. The van der Waals surface area contributed by atoms with E-state index < -0.39 is 0 Å². The zero-order valence-corrected chi connectivity index (χ0v) is 14.0. The molecule has 0 spiro atoms. The Labute approximate surface area is 147 Å². The first-order valence-corrected chi connectivity index (χ1v) is 8.71. The summed E-state index contributed by atoms with van der Waals surface area (Å²) >= 11 is 0. The van der Waals surface area contributed by atoms with E-state index in [1.165, 1.54) is 5.56 Å². The van der Waals surface area contributed by atoms with Gasteiger partial charge in [0.05, 0.1) is 6.04 Å². The molecule has 0 bridgehead atoms. The summed E-state index contributed by atoms with van der Waals surface area (Å²) < 4.78 is 0. The van der Waals surface area contributed by atoms with Crippen LogP contribution in [0.2, 0.25) is 0 Å². The van der Waals surface area contributed by atoms with E-state index in [0.717, 1.165) is 31.5 Å². The molecule has 5 heteroatoms. The number of carbonyl (C=O) groups excluding carboxylic acids is 2. The lowest BCUT2D eigenvalue weighted by molar-refractivity contribution is -0.120. The van der Waals surface area contributed by atoms with Gasteiger partial charge in [-0.3, -0.25) is 14.5 Å². The number of rotatable bonds is 4. The Kier molecular flexibility index (Phi) is 4.24. The van der Waals surface area contributed by atoms with Crippen LogP contribution in [-0.2, 0) is 17.9 Å². The molecular formula is C20H21N3O2. The molecule has 5 nitrogen and oxygen atoms in total. The Morgan fingerprint density at radius 3 is 2.88 bits per heavy atom. The third kappa shape index (κ3) is 3.28. The number of benzene rings is 2. The second kappa shape index (κ2) is 6.69. The van der Waals surface area contributed by atoms with Crippen molar-refractivity contribution in [3.8, 4) is 0 Å². The van der Waals surface area contributed by atoms with E-state index in [-0.39, 0.29) is 17.9 Å². The fourth-order valence-electron chi connectivity index (χ4n) is 3.65. The lowest BCUT2D eigenvalue weighted by atomic mass is 10.1. The van der Waals surface area contributed by atoms with Gasteiger partial charge in [0, 0.05) is 24.3 Å². The van der Waals surface area contributed by atoms with Crippen molar-refractivity contribution in [1.82, 2.24) is 10.2 Å². The highest BCUT2D eigenvalue weighted by atomic mass is 16.2. The van der Waals surface area contributed by atoms with E-state index in [9.17, 15) is 9.59 Å². The van der Waals surface area contributed by atoms with Crippen molar-refractivity contribution in [2.45, 2.75) is 32.0 Å². The van der Waals surface area contributed by atoms with Gasteiger partial charge in [-0.25, -0.2) is 0 Å². The molecule has 1 saturated heterocycles. The summed E-state index contributed by atoms with van der Waals surface area (Å²) in [4.78, 5) is 26.8. The first-order chi connectivity index (χ1) is 12.2. The van der Waals surface area contributed by atoms with Gasteiger partial charge in [-0.15, -0.1) is 0 Å². The Balaban J connectivity index is 1.45. The molecule has 2 aliphatic heterocycles. The minimum atomic E-state index is -0.123. The first-order valence-electron chi connectivity index (χ1n) is 8.71. The van der Waals surface area contributed by atoms with Gasteiger partial charge >= 0.3 is 0 Å². The summed E-state index contributed by atoms with van der Waals surface area (Å²) in [7, 11) is 0. The SMILES string of the molecule is O=C1NCc2ccc(NC(=O)[C@@H]3CCCN3Cc3ccccc3)cc21. The quantitative estimate of drug-likeness (QED) is 0.903. The van der Waals surface area contributed by atoms with Gasteiger partial charge in [-0.1, -0.05) is 36.4 Å². The van der Waals surface area contributed by atoms with E-state index in [1.54, 1.807) is 6.07 Å². The zero-order chi connectivity index (χ0) is 17.2. The highest BCUT2D eigenvalue weighted by Gasteiger charge is 2.31. The molecule has 0 aliphatic carbocycles. The summed E-state index contributed by atoms with van der Waals surface area (Å²) in [5.41, 5.74) is 3.55. The van der Waals surface area contributed by atoms with Gasteiger partial charge in [-0.05, 0) is 42.6 Å². The number of nitrogens with one attached hydrogen (secondary N) is 2. The zero-order valence-electron chi connectivity index (χ0n) is 14.0. The summed E-state index contributed by atoms with van der Waals surface area (Å²) in [6, 6.07) is 15.6. The minimum Gasteiger partial charge on any atom is -0.348 e. The fraction of sp³-hybridized carbons (Fsp3) is 0.300. The Hall–Kier alpha value is -2.66. The minimum absolute atomic E-state index is 0.00628. The van der Waals surface area contributed by atoms with E-state index >= 15 is 0 Å². The molecule has 25 heavy (non-hydrogen) atoms. The van der Waals surface area contributed by atoms with E-state index in [2.05, 4.69) is 27.7 Å². The van der Waals surface area contributed by atoms with Crippen LogP contribution in [0.1, 0.15) is 34.3 Å². The lowest BCUT2D eigenvalue weighted by Crippen LogP contribution is -2.39. The number of fused-ring (bicyclic) bond motifs is 1. The Bertz CT molecular complexity index is 804. The maximum absolute atomic E-state index is 12.7. The number of nitrogens with zero attached hydrogens (tertiary/aromatic N) is 1. The van der Waals surface area contributed by atoms with Crippen molar-refractivity contribution in [2.24, 2.45) is 0 Å². The number of amides is 2. The van der Waals surface area contributed by atoms with Crippen LogP contribution in [0, 0.1) is 0 Å². The van der Waals surface area contributed by atoms with Crippen molar-refractivity contribution in [3.05, 3.63) is 65.2 Å². The number of hydrogen-bond acceptors (Lipinski definition) is 3. The van der Waals surface area contributed by atoms with Crippen LogP contribution in [-0.4, -0.2) is 29.3 Å². The van der Waals surface area contributed by atoms with Gasteiger partial charge in [0.2, 0.25) is 5.91 Å². The van der Waals surface area contributed by atoms with Crippen LogP contribution in [0.3, 0.4) is 0 Å². The molecule has 2 aromatic rings. The topological polar surface area (TPSA) is 61.4 Å². The largest absolute Gasteiger partial charge is 0.348 e. The number of anilines is 1. The highest BCUT2D eigenvalue weighted by molar-refractivity contribution is 6.01. The van der Waals surface area contributed by atoms with Crippen LogP contribution in [0.4, 0.5) is 5.69 Å². The molecule has 0 aromatic heterocycles. The van der Waals surface area contributed by atoms with Gasteiger partial charge in [0.1, 0.15) is 0 Å². The summed E-state index contributed by atoms with van der Waals surface area (Å²) in [6.45, 7) is 2.28. The standard InChI is InChI=1S/C20H21N3O2/c24-19-17-11-16(9-8-15(17)12-21-19)22-20(25)18-7-4-10-23(18)13-14-5-2-1-3-6-14/h1-3,5-6,8-9,11,18H,4,7,10,12-13H2,(H,21,24)(H,22,25)/t18-/m0/s1. The molecule has 2 N–H and O–H groups in total. The van der Waals surface area contributed by atoms with E-state index in [4.69, 9.17) is 0 Å². The molecule has 2 amide bonds. The molecule has 2 heterocycles. The summed E-state index contributed by atoms with van der Waals surface area (Å²) in [6.07, 6.45) is 1.89. The average Bonchev–Trinajstić information content (AvgIpc) is 3.23. The van der Waals surface area contributed by atoms with Crippen molar-refractivity contribution in [2.75, 3.05) is 11.9 Å². The monoisotopic (exact) mass is 335 g/mol. The molecule has 1 fully saturated rings. The van der Waals surface area contributed by atoms with E-state index in [1.807, 2.05) is 30.3 Å². The molecule has 0 saturated carbocycles. The molecule has 128 valence electrons. The van der Waals surface area contributed by atoms with Gasteiger partial charge in [0.25, 0.3) is 5.91 Å². The highest BCUT2D eigenvalue weighted by Crippen LogP contribution is 2.24. The van der Waals surface area contributed by atoms with Crippen molar-refractivity contribution < 1.29 is 9.59 Å². The summed E-state index contributed by atoms with van der Waals surface area (Å²) in [5, 5.41) is 5.78. The maximum atomic E-state index is 12.7. The smallest absolute Gasteiger partial charge is 0.251 e. The molecule has 1 atom stereocenters. The van der Waals surface area contributed by atoms with Crippen molar-refractivity contribution >= 4 is 17.5 Å². The second-order valence-electron chi connectivity index (χ2n) is 6.66. The average molecular weight is 335 g/mol. The van der Waals surface area contributed by atoms with Crippen LogP contribution in [0.15, 0.2) is 48.5 Å². The fourth-order valence-corrected chi connectivity index (χ4v) is 3.65. The van der Waals surface area contributed by atoms with Gasteiger partial charge in [0.15, 0.2) is 0 Å². The van der Waals surface area contributed by atoms with Gasteiger partial charge in [-0.2, -0.15) is 0 Å². The van der Waals surface area contributed by atoms with Crippen molar-refractivity contribution in [3.63, 3.8) is 0 Å². The first kappa shape index (κ1) is 15.8. The Morgan fingerprint density at radius 2 is 2.04 bits per heavy atom. The maximum Gasteiger partial charge on any atom is 0.251 e. The predicted molar refractivity (Wildman–Crippen MR) is 96.1 cm³/mol. The predicted octanol–water partition coefficient (Wildman–Crippen LogP) is 2.53. The van der Waals surface area contributed by atoms with Crippen LogP contribution in [0.25, 0.3) is 0 Å².